The van der Waals surface area contributed by atoms with E-state index in [2.05, 4.69) is 44.7 Å². The summed E-state index contributed by atoms with van der Waals surface area (Å²) in [7, 11) is 0. The molecule has 0 fully saturated rings. The van der Waals surface area contributed by atoms with Crippen LogP contribution in [0, 0.1) is 0 Å². The topological polar surface area (TPSA) is 20.5 Å². The summed E-state index contributed by atoms with van der Waals surface area (Å²) in [5.74, 6) is 0.634. The van der Waals surface area contributed by atoms with E-state index in [4.69, 9.17) is 11.6 Å². The monoisotopic (exact) mass is 305 g/mol. The largest absolute Gasteiger partial charge is 0.297 e. The molecule has 0 aliphatic heterocycles. The first-order valence-corrected chi connectivity index (χ1v) is 8.00. The van der Waals surface area contributed by atoms with E-state index in [1.165, 1.54) is 5.56 Å². The standard InChI is InChI=1S/C15H16ClN3S/c16-6-7-18(10-13-4-2-1-3-5-13)11-14-12-19-8-9-20-15(19)17-14/h1-5,8-9,12H,6-7,10-11H2. The van der Waals surface area contributed by atoms with Crippen LogP contribution in [0.5, 0.6) is 0 Å². The molecular weight excluding hydrogens is 290 g/mol. The first-order chi connectivity index (χ1) is 9.85. The lowest BCUT2D eigenvalue weighted by Gasteiger charge is -2.20. The zero-order valence-corrected chi connectivity index (χ0v) is 12.6. The fraction of sp³-hybridized carbons (Fsp3) is 0.267. The van der Waals surface area contributed by atoms with Crippen LogP contribution in [0.2, 0.25) is 0 Å². The van der Waals surface area contributed by atoms with Gasteiger partial charge in [0.05, 0.1) is 5.69 Å². The van der Waals surface area contributed by atoms with Crippen LogP contribution in [0.1, 0.15) is 11.3 Å². The summed E-state index contributed by atoms with van der Waals surface area (Å²) >= 11 is 7.58. The molecule has 0 bridgehead atoms. The molecule has 104 valence electrons. The van der Waals surface area contributed by atoms with Gasteiger partial charge in [-0.15, -0.1) is 22.9 Å². The number of fused-ring (bicyclic) bond motifs is 1. The van der Waals surface area contributed by atoms with Crippen molar-refractivity contribution in [3.63, 3.8) is 0 Å². The van der Waals surface area contributed by atoms with Crippen LogP contribution < -0.4 is 0 Å². The molecule has 3 rings (SSSR count). The Morgan fingerprint density at radius 3 is 2.80 bits per heavy atom. The van der Waals surface area contributed by atoms with Crippen LogP contribution in [0.4, 0.5) is 0 Å². The van der Waals surface area contributed by atoms with Crippen molar-refractivity contribution in [2.45, 2.75) is 13.1 Å². The van der Waals surface area contributed by atoms with E-state index in [-0.39, 0.29) is 0 Å². The van der Waals surface area contributed by atoms with Gasteiger partial charge in [-0.1, -0.05) is 30.3 Å². The summed E-state index contributed by atoms with van der Waals surface area (Å²) in [5, 5.41) is 2.05. The summed E-state index contributed by atoms with van der Waals surface area (Å²) in [6.07, 6.45) is 4.14. The molecule has 0 aliphatic rings. The van der Waals surface area contributed by atoms with Crippen molar-refractivity contribution in [2.24, 2.45) is 0 Å². The highest BCUT2D eigenvalue weighted by molar-refractivity contribution is 7.15. The van der Waals surface area contributed by atoms with Gasteiger partial charge >= 0.3 is 0 Å². The average Bonchev–Trinajstić information content (AvgIpc) is 3.01. The molecule has 0 amide bonds. The normalized spacial score (nSPS) is 11.5. The SMILES string of the molecule is ClCCN(Cc1ccccc1)Cc1cn2ccsc2n1. The lowest BCUT2D eigenvalue weighted by atomic mass is 10.2. The first-order valence-electron chi connectivity index (χ1n) is 6.58. The molecule has 3 nitrogen and oxygen atoms in total. The summed E-state index contributed by atoms with van der Waals surface area (Å²) in [6, 6.07) is 10.5. The van der Waals surface area contributed by atoms with Crippen molar-refractivity contribution in [1.82, 2.24) is 14.3 Å². The van der Waals surface area contributed by atoms with Gasteiger partial charge in [-0.25, -0.2) is 4.98 Å². The number of aromatic nitrogens is 2. The molecule has 0 spiro atoms. The quantitative estimate of drug-likeness (QED) is 0.648. The summed E-state index contributed by atoms with van der Waals surface area (Å²) in [5.41, 5.74) is 2.40. The van der Waals surface area contributed by atoms with Crippen molar-refractivity contribution < 1.29 is 0 Å². The third kappa shape index (κ3) is 3.20. The van der Waals surface area contributed by atoms with Gasteiger partial charge in [-0.05, 0) is 5.56 Å². The van der Waals surface area contributed by atoms with E-state index in [1.54, 1.807) is 11.3 Å². The Labute approximate surface area is 127 Å². The highest BCUT2D eigenvalue weighted by atomic mass is 35.5. The smallest absolute Gasteiger partial charge is 0.193 e. The number of alkyl halides is 1. The third-order valence-corrected chi connectivity index (χ3v) is 4.12. The second-order valence-electron chi connectivity index (χ2n) is 4.71. The fourth-order valence-electron chi connectivity index (χ4n) is 2.26. The minimum absolute atomic E-state index is 0.634. The number of nitrogens with zero attached hydrogens (tertiary/aromatic N) is 3. The number of halogens is 1. The van der Waals surface area contributed by atoms with Gasteiger partial charge in [-0.3, -0.25) is 9.30 Å². The van der Waals surface area contributed by atoms with Crippen LogP contribution in [-0.2, 0) is 13.1 Å². The van der Waals surface area contributed by atoms with Crippen molar-refractivity contribution in [3.05, 3.63) is 59.4 Å². The van der Waals surface area contributed by atoms with Crippen LogP contribution in [-0.4, -0.2) is 26.7 Å². The second kappa shape index (κ2) is 6.39. The number of rotatable bonds is 6. The van der Waals surface area contributed by atoms with E-state index < -0.39 is 0 Å². The molecule has 3 aromatic rings. The van der Waals surface area contributed by atoms with Gasteiger partial charge in [0, 0.05) is 43.3 Å². The van der Waals surface area contributed by atoms with Crippen molar-refractivity contribution in [3.8, 4) is 0 Å². The van der Waals surface area contributed by atoms with Crippen LogP contribution in [0.25, 0.3) is 4.96 Å². The fourth-order valence-corrected chi connectivity index (χ4v) is 3.21. The van der Waals surface area contributed by atoms with Crippen molar-refractivity contribution in [2.75, 3.05) is 12.4 Å². The highest BCUT2D eigenvalue weighted by Gasteiger charge is 2.10. The number of thiazole rings is 1. The van der Waals surface area contributed by atoms with Crippen LogP contribution >= 0.6 is 22.9 Å². The minimum Gasteiger partial charge on any atom is -0.297 e. The molecule has 0 aliphatic carbocycles. The molecule has 2 aromatic heterocycles. The molecule has 2 heterocycles. The summed E-state index contributed by atoms with van der Waals surface area (Å²) < 4.78 is 2.07. The van der Waals surface area contributed by atoms with Gasteiger partial charge in [0.25, 0.3) is 0 Å². The molecular formula is C15H16ClN3S. The van der Waals surface area contributed by atoms with Gasteiger partial charge < -0.3 is 0 Å². The zero-order chi connectivity index (χ0) is 13.8. The lowest BCUT2D eigenvalue weighted by Crippen LogP contribution is -2.25. The van der Waals surface area contributed by atoms with Gasteiger partial charge in [-0.2, -0.15) is 0 Å². The van der Waals surface area contributed by atoms with Crippen LogP contribution in [0.15, 0.2) is 48.1 Å². The van der Waals surface area contributed by atoms with E-state index in [9.17, 15) is 0 Å². The second-order valence-corrected chi connectivity index (χ2v) is 5.96. The van der Waals surface area contributed by atoms with Crippen molar-refractivity contribution in [1.29, 1.82) is 0 Å². The van der Waals surface area contributed by atoms with E-state index in [0.29, 0.717) is 5.88 Å². The summed E-state index contributed by atoms with van der Waals surface area (Å²) in [6.45, 7) is 2.59. The number of benzene rings is 1. The number of imidazole rings is 1. The molecule has 0 N–H and O–H groups in total. The Morgan fingerprint density at radius 1 is 1.20 bits per heavy atom. The molecule has 0 saturated heterocycles. The third-order valence-electron chi connectivity index (χ3n) is 3.18. The molecule has 20 heavy (non-hydrogen) atoms. The zero-order valence-electron chi connectivity index (χ0n) is 11.1. The minimum atomic E-state index is 0.634. The average molecular weight is 306 g/mol. The Balaban J connectivity index is 1.72. The predicted octanol–water partition coefficient (Wildman–Crippen LogP) is 3.64. The highest BCUT2D eigenvalue weighted by Crippen LogP contribution is 2.14. The Bertz CT molecular complexity index is 633. The Morgan fingerprint density at radius 2 is 2.05 bits per heavy atom. The van der Waals surface area contributed by atoms with E-state index in [0.717, 1.165) is 30.3 Å². The number of hydrogen-bond donors (Lipinski definition) is 0. The maximum atomic E-state index is 5.92. The Hall–Kier alpha value is -1.36. The number of hydrogen-bond acceptors (Lipinski definition) is 3. The maximum absolute atomic E-state index is 5.92. The maximum Gasteiger partial charge on any atom is 0.193 e. The van der Waals surface area contributed by atoms with Crippen LogP contribution in [0.3, 0.4) is 0 Å². The lowest BCUT2D eigenvalue weighted by molar-refractivity contribution is 0.270. The van der Waals surface area contributed by atoms with E-state index >= 15 is 0 Å². The molecule has 0 saturated carbocycles. The van der Waals surface area contributed by atoms with Gasteiger partial charge in [0.2, 0.25) is 0 Å². The summed E-state index contributed by atoms with van der Waals surface area (Å²) in [4.78, 5) is 8.01. The predicted molar refractivity (Wildman–Crippen MR) is 84.3 cm³/mol. The molecule has 5 heteroatoms. The molecule has 1 aromatic carbocycles. The molecule has 0 radical (unpaired) electrons. The first kappa shape index (κ1) is 13.6. The Kier molecular flexibility index (Phi) is 4.35. The van der Waals surface area contributed by atoms with Gasteiger partial charge in [0.15, 0.2) is 4.96 Å². The van der Waals surface area contributed by atoms with E-state index in [1.807, 2.05) is 17.6 Å². The molecule has 0 unspecified atom stereocenters. The molecule has 0 atom stereocenters. The van der Waals surface area contributed by atoms with Crippen molar-refractivity contribution >= 4 is 27.9 Å². The van der Waals surface area contributed by atoms with Gasteiger partial charge in [0.1, 0.15) is 0 Å².